The van der Waals surface area contributed by atoms with Crippen molar-refractivity contribution in [2.75, 3.05) is 36.4 Å². The maximum absolute atomic E-state index is 13.5. The van der Waals surface area contributed by atoms with Gasteiger partial charge in [0.1, 0.15) is 11.4 Å². The van der Waals surface area contributed by atoms with Gasteiger partial charge >= 0.3 is 6.18 Å². The van der Waals surface area contributed by atoms with Crippen molar-refractivity contribution in [2.24, 2.45) is 0 Å². The molecule has 1 saturated heterocycles. The number of hydrogen-bond donors (Lipinski definition) is 1. The molecule has 0 aromatic heterocycles. The van der Waals surface area contributed by atoms with Gasteiger partial charge in [0.25, 0.3) is 5.69 Å². The van der Waals surface area contributed by atoms with E-state index in [4.69, 9.17) is 4.74 Å². The van der Waals surface area contributed by atoms with Crippen molar-refractivity contribution in [2.45, 2.75) is 50.2 Å². The number of nitrogens with one attached hydrogen (secondary N) is 1. The van der Waals surface area contributed by atoms with Crippen molar-refractivity contribution in [3.63, 3.8) is 0 Å². The van der Waals surface area contributed by atoms with Gasteiger partial charge in [-0.25, -0.2) is 4.39 Å². The molecule has 1 N–H and O–H groups in total. The third kappa shape index (κ3) is 6.76. The summed E-state index contributed by atoms with van der Waals surface area (Å²) in [5, 5.41) is 15.9. The molecule has 1 saturated carbocycles. The van der Waals surface area contributed by atoms with Crippen LogP contribution in [-0.2, 0) is 15.7 Å². The first-order valence-corrected chi connectivity index (χ1v) is 13.5. The molecule has 2 aliphatic rings. The zero-order chi connectivity index (χ0) is 29.1. The summed E-state index contributed by atoms with van der Waals surface area (Å²) in [7, 11) is 0. The minimum Gasteiger partial charge on any atom is -0.382 e. The van der Waals surface area contributed by atoms with Crippen LogP contribution in [0.3, 0.4) is 0 Å². The van der Waals surface area contributed by atoms with E-state index in [0.717, 1.165) is 34.9 Å². The van der Waals surface area contributed by atoms with E-state index in [1.54, 1.807) is 6.07 Å². The van der Waals surface area contributed by atoms with Gasteiger partial charge in [-0.05, 0) is 72.9 Å². The van der Waals surface area contributed by atoms with Crippen LogP contribution in [0.1, 0.15) is 31.2 Å². The number of benzene rings is 3. The highest BCUT2D eigenvalue weighted by Crippen LogP contribution is 2.38. The number of alkyl halides is 3. The molecule has 1 unspecified atom stereocenters. The Hall–Kier alpha value is -3.77. The first-order chi connectivity index (χ1) is 19.6. The summed E-state index contributed by atoms with van der Waals surface area (Å²) in [5.74, 6) is -0.271. The fraction of sp³-hybridized carbons (Fsp3) is 0.414. The van der Waals surface area contributed by atoms with Gasteiger partial charge in [-0.15, -0.1) is 0 Å². The van der Waals surface area contributed by atoms with E-state index in [2.05, 4.69) is 10.2 Å². The van der Waals surface area contributed by atoms with Gasteiger partial charge in [-0.3, -0.25) is 19.8 Å². The second-order valence-corrected chi connectivity index (χ2v) is 10.5. The molecule has 0 radical (unpaired) electrons. The summed E-state index contributed by atoms with van der Waals surface area (Å²) in [6.45, 7) is 2.66. The Morgan fingerprint density at radius 2 is 1.63 bits per heavy atom. The molecular formula is C29H30F4N4O4. The predicted molar refractivity (Wildman–Crippen MR) is 146 cm³/mol. The molecule has 0 bridgehead atoms. The number of piperazine rings is 1. The molecule has 218 valence electrons. The average Bonchev–Trinajstić information content (AvgIpc) is 2.96. The number of halogens is 4. The van der Waals surface area contributed by atoms with Gasteiger partial charge in [0.2, 0.25) is 0 Å². The Morgan fingerprint density at radius 3 is 2.29 bits per heavy atom. The summed E-state index contributed by atoms with van der Waals surface area (Å²) in [5.41, 5.74) is -1.05. The highest BCUT2D eigenvalue weighted by Gasteiger charge is 2.38. The number of ether oxygens (including phenoxy) is 1. The van der Waals surface area contributed by atoms with Crippen molar-refractivity contribution in [1.29, 1.82) is 0 Å². The monoisotopic (exact) mass is 574 g/mol. The second-order valence-electron chi connectivity index (χ2n) is 10.5. The third-order valence-corrected chi connectivity index (χ3v) is 7.82. The van der Waals surface area contributed by atoms with Crippen molar-refractivity contribution in [3.8, 4) is 0 Å². The first-order valence-electron chi connectivity index (χ1n) is 13.5. The summed E-state index contributed by atoms with van der Waals surface area (Å²) in [6, 6.07) is 13.4. The van der Waals surface area contributed by atoms with Crippen LogP contribution in [0.4, 0.5) is 34.6 Å². The van der Waals surface area contributed by atoms with Gasteiger partial charge in [0.05, 0.1) is 11.0 Å². The van der Waals surface area contributed by atoms with E-state index in [-0.39, 0.29) is 23.7 Å². The van der Waals surface area contributed by atoms with Crippen LogP contribution in [0.25, 0.3) is 10.8 Å². The molecule has 1 aliphatic heterocycles. The number of nitrogens with zero attached hydrogens (tertiary/aromatic N) is 3. The highest BCUT2D eigenvalue weighted by molar-refractivity contribution is 5.86. The lowest BCUT2D eigenvalue weighted by atomic mass is 9.92. The van der Waals surface area contributed by atoms with E-state index < -0.39 is 28.6 Å². The Kier molecular flexibility index (Phi) is 8.41. The zero-order valence-electron chi connectivity index (χ0n) is 22.1. The topological polar surface area (TPSA) is 87.9 Å². The third-order valence-electron chi connectivity index (χ3n) is 7.82. The van der Waals surface area contributed by atoms with Crippen LogP contribution in [0.15, 0.2) is 54.6 Å². The molecule has 41 heavy (non-hydrogen) atoms. The normalized spacial score (nSPS) is 21.0. The smallest absolute Gasteiger partial charge is 0.382 e. The summed E-state index contributed by atoms with van der Waals surface area (Å²) >= 11 is 0. The second kappa shape index (κ2) is 12.0. The number of carbonyl (C=O) groups excluding carboxylic acids is 1. The number of nitro groups is 1. The lowest BCUT2D eigenvalue weighted by Crippen LogP contribution is -2.52. The Balaban J connectivity index is 1.11. The number of rotatable bonds is 8. The van der Waals surface area contributed by atoms with Crippen molar-refractivity contribution in [1.82, 2.24) is 4.90 Å². The summed E-state index contributed by atoms with van der Waals surface area (Å²) < 4.78 is 59.6. The highest BCUT2D eigenvalue weighted by atomic mass is 19.4. The van der Waals surface area contributed by atoms with Crippen LogP contribution in [0.2, 0.25) is 0 Å². The van der Waals surface area contributed by atoms with Gasteiger partial charge in [0, 0.05) is 49.7 Å². The van der Waals surface area contributed by atoms with E-state index in [0.29, 0.717) is 51.9 Å². The average molecular weight is 575 g/mol. The molecule has 3 aromatic rings. The zero-order valence-corrected chi connectivity index (χ0v) is 22.1. The van der Waals surface area contributed by atoms with E-state index in [9.17, 15) is 32.5 Å². The molecule has 0 amide bonds. The lowest BCUT2D eigenvalue weighted by molar-refractivity contribution is -0.388. The fourth-order valence-corrected chi connectivity index (χ4v) is 5.63. The van der Waals surface area contributed by atoms with Crippen LogP contribution in [0.5, 0.6) is 0 Å². The molecule has 8 nitrogen and oxygen atoms in total. The number of hydrogen-bond acceptors (Lipinski definition) is 7. The van der Waals surface area contributed by atoms with Crippen LogP contribution in [0, 0.1) is 15.9 Å². The molecule has 1 heterocycles. The standard InChI is InChI=1S/C29H30F4N4O4/c30-21-3-1-20-16-24(7-2-19(20)15-21)35-11-13-36(14-12-35)28(18-38)41-25-8-4-22(5-9-25)34-23-6-10-27(37(39)40)26(17-23)29(31,32)33/h1-3,6-7,10,15-18,22,25,28,34H,4-5,8-9,11-14H2. The number of fused-ring (bicyclic) bond motifs is 1. The van der Waals surface area contributed by atoms with Crippen LogP contribution in [-0.4, -0.2) is 60.7 Å². The molecule has 1 atom stereocenters. The minimum atomic E-state index is -4.84. The van der Waals surface area contributed by atoms with Crippen molar-refractivity contribution < 1.29 is 32.0 Å². The van der Waals surface area contributed by atoms with Gasteiger partial charge in [-0.2, -0.15) is 13.2 Å². The first kappa shape index (κ1) is 28.7. The molecule has 5 rings (SSSR count). The summed E-state index contributed by atoms with van der Waals surface area (Å²) in [4.78, 5) is 26.1. The number of anilines is 2. The largest absolute Gasteiger partial charge is 0.423 e. The van der Waals surface area contributed by atoms with E-state index >= 15 is 0 Å². The molecule has 1 aliphatic carbocycles. The fourth-order valence-electron chi connectivity index (χ4n) is 5.63. The maximum atomic E-state index is 13.5. The van der Waals surface area contributed by atoms with E-state index in [1.807, 2.05) is 23.1 Å². The SMILES string of the molecule is O=CC(OC1CCC(Nc2ccc([N+](=O)[O-])c(C(F)(F)F)c2)CC1)N1CCN(c2ccc3cc(F)ccc3c2)CC1. The Bertz CT molecular complexity index is 1400. The maximum Gasteiger partial charge on any atom is 0.423 e. The van der Waals surface area contributed by atoms with E-state index in [1.165, 1.54) is 18.2 Å². The van der Waals surface area contributed by atoms with Crippen LogP contribution < -0.4 is 10.2 Å². The van der Waals surface area contributed by atoms with Crippen molar-refractivity contribution >= 4 is 34.1 Å². The van der Waals surface area contributed by atoms with Gasteiger partial charge in [0.15, 0.2) is 12.5 Å². The molecular weight excluding hydrogens is 544 g/mol. The molecule has 2 fully saturated rings. The molecule has 12 heteroatoms. The number of aldehydes is 1. The van der Waals surface area contributed by atoms with Crippen LogP contribution >= 0.6 is 0 Å². The predicted octanol–water partition coefficient (Wildman–Crippen LogP) is 5.99. The minimum absolute atomic E-state index is 0.117. The Labute approximate surface area is 234 Å². The quantitative estimate of drug-likeness (QED) is 0.153. The Morgan fingerprint density at radius 1 is 0.951 bits per heavy atom. The van der Waals surface area contributed by atoms with Crippen molar-refractivity contribution in [3.05, 3.63) is 76.1 Å². The number of carbonyl (C=O) groups is 1. The molecule has 0 spiro atoms. The van der Waals surface area contributed by atoms with Gasteiger partial charge < -0.3 is 15.0 Å². The lowest BCUT2D eigenvalue weighted by Gasteiger charge is -2.40. The molecule has 3 aromatic carbocycles. The van der Waals surface area contributed by atoms with Gasteiger partial charge in [-0.1, -0.05) is 12.1 Å². The summed E-state index contributed by atoms with van der Waals surface area (Å²) in [6.07, 6.45) is -2.39. The number of nitro benzene ring substituents is 1.